The molecule has 0 aliphatic carbocycles. The Kier molecular flexibility index (Phi) is 3.86. The summed E-state index contributed by atoms with van der Waals surface area (Å²) in [5, 5.41) is 13.0. The van der Waals surface area contributed by atoms with Gasteiger partial charge in [-0.05, 0) is 36.2 Å². The average Bonchev–Trinajstić information content (AvgIpc) is 2.40. The second-order valence-corrected chi connectivity index (χ2v) is 4.52. The van der Waals surface area contributed by atoms with E-state index in [0.717, 1.165) is 16.8 Å². The van der Waals surface area contributed by atoms with Crippen LogP contribution in [0.25, 0.3) is 0 Å². The number of nitrogens with one attached hydrogen (secondary N) is 1. The minimum Gasteiger partial charge on any atom is -0.381 e. The second-order valence-electron chi connectivity index (χ2n) is 4.08. The summed E-state index contributed by atoms with van der Waals surface area (Å²) in [4.78, 5) is 0. The van der Waals surface area contributed by atoms with E-state index in [4.69, 9.17) is 16.9 Å². The number of nitrogens with zero attached hydrogens (tertiary/aromatic N) is 1. The Morgan fingerprint density at radius 1 is 1.22 bits per heavy atom. The third kappa shape index (κ3) is 2.82. The fourth-order valence-corrected chi connectivity index (χ4v) is 1.93. The predicted octanol–water partition coefficient (Wildman–Crippen LogP) is 4.13. The molecule has 0 saturated carbocycles. The lowest BCUT2D eigenvalue weighted by atomic mass is 10.1. The molecule has 1 N–H and O–H groups in total. The summed E-state index contributed by atoms with van der Waals surface area (Å²) in [6.45, 7) is 2.64. The number of hydrogen-bond donors (Lipinski definition) is 1. The van der Waals surface area contributed by atoms with Gasteiger partial charge in [0.2, 0.25) is 0 Å². The van der Waals surface area contributed by atoms with Gasteiger partial charge in [-0.25, -0.2) is 0 Å². The maximum atomic E-state index is 9.02. The molecule has 0 heterocycles. The van der Waals surface area contributed by atoms with Crippen LogP contribution in [0.15, 0.2) is 42.5 Å². The predicted molar refractivity (Wildman–Crippen MR) is 74.7 cm³/mol. The molecule has 2 aromatic rings. The molecule has 2 nitrogen and oxygen atoms in total. The van der Waals surface area contributed by atoms with Crippen LogP contribution in [-0.4, -0.2) is 0 Å². The Labute approximate surface area is 112 Å². The van der Waals surface area contributed by atoms with Crippen molar-refractivity contribution >= 4 is 17.3 Å². The fourth-order valence-electron chi connectivity index (χ4n) is 1.76. The minimum atomic E-state index is 0.616. The van der Waals surface area contributed by atoms with Crippen molar-refractivity contribution in [1.82, 2.24) is 0 Å². The van der Waals surface area contributed by atoms with Crippen molar-refractivity contribution in [2.75, 3.05) is 5.32 Å². The molecular formula is C15H13ClN2. The van der Waals surface area contributed by atoms with Crippen molar-refractivity contribution < 1.29 is 0 Å². The maximum absolute atomic E-state index is 9.02. The number of benzene rings is 2. The maximum Gasteiger partial charge on any atom is 0.0995 e. The summed E-state index contributed by atoms with van der Waals surface area (Å²) in [5.74, 6) is 0. The van der Waals surface area contributed by atoms with Crippen molar-refractivity contribution in [3.05, 3.63) is 64.2 Å². The SMILES string of the molecule is Cc1ccc(Cl)cc1NCc1ccccc1C#N. The monoisotopic (exact) mass is 256 g/mol. The van der Waals surface area contributed by atoms with E-state index < -0.39 is 0 Å². The molecule has 0 radical (unpaired) electrons. The van der Waals surface area contributed by atoms with Crippen LogP contribution in [0.5, 0.6) is 0 Å². The molecule has 3 heteroatoms. The van der Waals surface area contributed by atoms with Crippen LogP contribution in [0.1, 0.15) is 16.7 Å². The van der Waals surface area contributed by atoms with Crippen LogP contribution < -0.4 is 5.32 Å². The van der Waals surface area contributed by atoms with Gasteiger partial charge in [0.15, 0.2) is 0 Å². The lowest BCUT2D eigenvalue weighted by Crippen LogP contribution is -2.02. The van der Waals surface area contributed by atoms with Crippen LogP contribution in [-0.2, 0) is 6.54 Å². The summed E-state index contributed by atoms with van der Waals surface area (Å²) < 4.78 is 0. The molecule has 0 fully saturated rings. The molecule has 0 aliphatic heterocycles. The minimum absolute atomic E-state index is 0.616. The van der Waals surface area contributed by atoms with Gasteiger partial charge in [0.25, 0.3) is 0 Å². The highest BCUT2D eigenvalue weighted by Crippen LogP contribution is 2.21. The number of rotatable bonds is 3. The first-order chi connectivity index (χ1) is 8.70. The van der Waals surface area contributed by atoms with Gasteiger partial charge < -0.3 is 5.32 Å². The molecular weight excluding hydrogens is 244 g/mol. The first-order valence-electron chi connectivity index (χ1n) is 5.69. The second kappa shape index (κ2) is 5.57. The summed E-state index contributed by atoms with van der Waals surface area (Å²) in [6, 6.07) is 15.5. The Morgan fingerprint density at radius 3 is 2.78 bits per heavy atom. The van der Waals surface area contributed by atoms with E-state index in [1.807, 2.05) is 49.4 Å². The van der Waals surface area contributed by atoms with Gasteiger partial charge in [-0.15, -0.1) is 0 Å². The number of anilines is 1. The molecule has 0 spiro atoms. The third-order valence-electron chi connectivity index (χ3n) is 2.81. The van der Waals surface area contributed by atoms with Crippen LogP contribution in [0, 0.1) is 18.3 Å². The zero-order valence-electron chi connectivity index (χ0n) is 10.1. The lowest BCUT2D eigenvalue weighted by Gasteiger charge is -2.10. The molecule has 90 valence electrons. The van der Waals surface area contributed by atoms with E-state index in [0.29, 0.717) is 17.1 Å². The molecule has 0 saturated heterocycles. The topological polar surface area (TPSA) is 35.8 Å². The average molecular weight is 257 g/mol. The fraction of sp³-hybridized carbons (Fsp3) is 0.133. The van der Waals surface area contributed by atoms with Gasteiger partial charge in [-0.2, -0.15) is 5.26 Å². The Morgan fingerprint density at radius 2 is 2.00 bits per heavy atom. The van der Waals surface area contributed by atoms with Crippen LogP contribution >= 0.6 is 11.6 Å². The normalized spacial score (nSPS) is 9.83. The lowest BCUT2D eigenvalue weighted by molar-refractivity contribution is 1.13. The van der Waals surface area contributed by atoms with E-state index >= 15 is 0 Å². The molecule has 0 aromatic heterocycles. The molecule has 0 amide bonds. The zero-order valence-corrected chi connectivity index (χ0v) is 10.8. The van der Waals surface area contributed by atoms with Gasteiger partial charge in [0, 0.05) is 17.3 Å². The van der Waals surface area contributed by atoms with E-state index in [-0.39, 0.29) is 0 Å². The van der Waals surface area contributed by atoms with Gasteiger partial charge >= 0.3 is 0 Å². The van der Waals surface area contributed by atoms with Crippen molar-refractivity contribution in [1.29, 1.82) is 5.26 Å². The Bertz CT molecular complexity index is 600. The van der Waals surface area contributed by atoms with Crippen LogP contribution in [0.2, 0.25) is 5.02 Å². The molecule has 0 unspecified atom stereocenters. The third-order valence-corrected chi connectivity index (χ3v) is 3.04. The Balaban J connectivity index is 2.17. The van der Waals surface area contributed by atoms with Crippen LogP contribution in [0.4, 0.5) is 5.69 Å². The standard InChI is InChI=1S/C15H13ClN2/c1-11-6-7-14(16)8-15(11)18-10-13-5-3-2-4-12(13)9-17/h2-8,18H,10H2,1H3. The van der Waals surface area contributed by atoms with Crippen molar-refractivity contribution in [2.45, 2.75) is 13.5 Å². The number of aryl methyl sites for hydroxylation is 1. The molecule has 18 heavy (non-hydrogen) atoms. The van der Waals surface area contributed by atoms with Gasteiger partial charge in [-0.3, -0.25) is 0 Å². The van der Waals surface area contributed by atoms with Crippen molar-refractivity contribution in [3.8, 4) is 6.07 Å². The molecule has 0 bridgehead atoms. The van der Waals surface area contributed by atoms with Gasteiger partial charge in [0.05, 0.1) is 11.6 Å². The first kappa shape index (κ1) is 12.5. The van der Waals surface area contributed by atoms with Gasteiger partial charge in [0.1, 0.15) is 0 Å². The molecule has 0 aliphatic rings. The highest BCUT2D eigenvalue weighted by molar-refractivity contribution is 6.30. The van der Waals surface area contributed by atoms with Gasteiger partial charge in [-0.1, -0.05) is 35.9 Å². The highest BCUT2D eigenvalue weighted by atomic mass is 35.5. The number of nitriles is 1. The summed E-state index contributed by atoms with van der Waals surface area (Å²) >= 11 is 5.96. The number of hydrogen-bond acceptors (Lipinski definition) is 2. The molecule has 2 aromatic carbocycles. The van der Waals surface area contributed by atoms with E-state index in [9.17, 15) is 0 Å². The van der Waals surface area contributed by atoms with E-state index in [2.05, 4.69) is 11.4 Å². The summed E-state index contributed by atoms with van der Waals surface area (Å²) in [6.07, 6.45) is 0. The van der Waals surface area contributed by atoms with E-state index in [1.54, 1.807) is 0 Å². The largest absolute Gasteiger partial charge is 0.381 e. The molecule has 0 atom stereocenters. The summed E-state index contributed by atoms with van der Waals surface area (Å²) in [7, 11) is 0. The van der Waals surface area contributed by atoms with Crippen molar-refractivity contribution in [3.63, 3.8) is 0 Å². The van der Waals surface area contributed by atoms with Crippen LogP contribution in [0.3, 0.4) is 0 Å². The van der Waals surface area contributed by atoms with E-state index in [1.165, 1.54) is 0 Å². The highest BCUT2D eigenvalue weighted by Gasteiger charge is 2.02. The number of halogens is 1. The zero-order chi connectivity index (χ0) is 13.0. The summed E-state index contributed by atoms with van der Waals surface area (Å²) in [5.41, 5.74) is 3.81. The molecule has 2 rings (SSSR count). The Hall–Kier alpha value is -1.98. The first-order valence-corrected chi connectivity index (χ1v) is 6.06. The quantitative estimate of drug-likeness (QED) is 0.896. The smallest absolute Gasteiger partial charge is 0.0995 e. The van der Waals surface area contributed by atoms with Crippen molar-refractivity contribution in [2.24, 2.45) is 0 Å².